The molecule has 0 bridgehead atoms. The SMILES string of the molecule is C=C(C)C(=O)OCCCc1cc(-c2ccc(-c3ccc(C4CCC(CCCCC)CC4)cc3F)cc2CC)cc(CCCOC)c1OCCC(CO)CO. The summed E-state index contributed by atoms with van der Waals surface area (Å²) in [6.07, 6.45) is 14.1. The molecule has 0 radical (unpaired) electrons. The van der Waals surface area contributed by atoms with Gasteiger partial charge in [0.25, 0.3) is 0 Å². The lowest BCUT2D eigenvalue weighted by Crippen LogP contribution is -2.16. The van der Waals surface area contributed by atoms with Gasteiger partial charge in [-0.15, -0.1) is 0 Å². The van der Waals surface area contributed by atoms with E-state index < -0.39 is 5.97 Å². The molecular weight excluding hydrogens is 680 g/mol. The fourth-order valence-corrected chi connectivity index (χ4v) is 7.81. The largest absolute Gasteiger partial charge is 0.493 e. The van der Waals surface area contributed by atoms with E-state index in [-0.39, 0.29) is 31.6 Å². The van der Waals surface area contributed by atoms with Crippen LogP contribution >= 0.6 is 0 Å². The van der Waals surface area contributed by atoms with Crippen LogP contribution < -0.4 is 4.74 Å². The van der Waals surface area contributed by atoms with Crippen LogP contribution in [-0.4, -0.2) is 56.3 Å². The molecule has 3 aromatic carbocycles. The molecule has 0 aliphatic heterocycles. The highest BCUT2D eigenvalue weighted by Gasteiger charge is 2.23. The first-order valence-electron chi connectivity index (χ1n) is 20.5. The van der Waals surface area contributed by atoms with Gasteiger partial charge in [0, 0.05) is 44.0 Å². The number of methoxy groups -OCH3 is 1. The Labute approximate surface area is 324 Å². The second-order valence-corrected chi connectivity index (χ2v) is 15.3. The summed E-state index contributed by atoms with van der Waals surface area (Å²) >= 11 is 0. The van der Waals surface area contributed by atoms with Crippen LogP contribution in [0, 0.1) is 17.7 Å². The highest BCUT2D eigenvalue weighted by molar-refractivity contribution is 5.86. The number of carbonyl (C=O) groups excluding carboxylic acids is 1. The van der Waals surface area contributed by atoms with Crippen molar-refractivity contribution >= 4 is 5.97 Å². The van der Waals surface area contributed by atoms with Gasteiger partial charge in [0.05, 0.1) is 13.2 Å². The maximum Gasteiger partial charge on any atom is 0.333 e. The van der Waals surface area contributed by atoms with E-state index in [0.717, 1.165) is 82.7 Å². The van der Waals surface area contributed by atoms with Crippen LogP contribution in [0.25, 0.3) is 22.3 Å². The fourth-order valence-electron chi connectivity index (χ4n) is 7.81. The van der Waals surface area contributed by atoms with Crippen LogP contribution in [0.4, 0.5) is 4.39 Å². The monoisotopic (exact) mass is 744 g/mol. The third-order valence-corrected chi connectivity index (χ3v) is 11.1. The lowest BCUT2D eigenvalue weighted by Gasteiger charge is -2.29. The van der Waals surface area contributed by atoms with Gasteiger partial charge in [-0.25, -0.2) is 9.18 Å². The summed E-state index contributed by atoms with van der Waals surface area (Å²) in [7, 11) is 1.70. The zero-order valence-corrected chi connectivity index (χ0v) is 33.4. The van der Waals surface area contributed by atoms with Crippen molar-refractivity contribution < 1.29 is 33.6 Å². The minimum absolute atomic E-state index is 0.107. The Bertz CT molecular complexity index is 1620. The predicted molar refractivity (Wildman–Crippen MR) is 218 cm³/mol. The van der Waals surface area contributed by atoms with Gasteiger partial charge in [-0.3, -0.25) is 0 Å². The molecule has 0 atom stereocenters. The summed E-state index contributed by atoms with van der Waals surface area (Å²) in [6, 6.07) is 16.5. The lowest BCUT2D eigenvalue weighted by atomic mass is 9.77. The number of benzene rings is 3. The van der Waals surface area contributed by atoms with Crippen molar-refractivity contribution in [1.82, 2.24) is 0 Å². The molecule has 0 aromatic heterocycles. The Morgan fingerprint density at radius 2 is 1.50 bits per heavy atom. The average Bonchev–Trinajstić information content (AvgIpc) is 3.18. The van der Waals surface area contributed by atoms with Gasteiger partial charge in [0.15, 0.2) is 0 Å². The van der Waals surface area contributed by atoms with Crippen molar-refractivity contribution in [3.63, 3.8) is 0 Å². The molecule has 0 spiro atoms. The van der Waals surface area contributed by atoms with Crippen molar-refractivity contribution in [2.45, 2.75) is 117 Å². The highest BCUT2D eigenvalue weighted by atomic mass is 19.1. The molecule has 296 valence electrons. The van der Waals surface area contributed by atoms with Crippen LogP contribution in [0.5, 0.6) is 5.75 Å². The second-order valence-electron chi connectivity index (χ2n) is 15.3. The molecule has 0 saturated heterocycles. The number of aliphatic hydroxyl groups is 2. The Morgan fingerprint density at radius 1 is 0.833 bits per heavy atom. The molecule has 3 aromatic rings. The Hall–Kier alpha value is -3.52. The van der Waals surface area contributed by atoms with Gasteiger partial charge in [-0.2, -0.15) is 0 Å². The number of unbranched alkanes of at least 4 members (excludes halogenated alkanes) is 2. The summed E-state index contributed by atoms with van der Waals surface area (Å²) in [5.41, 5.74) is 8.32. The highest BCUT2D eigenvalue weighted by Crippen LogP contribution is 2.40. The van der Waals surface area contributed by atoms with Crippen molar-refractivity contribution in [3.05, 3.63) is 88.8 Å². The van der Waals surface area contributed by atoms with Gasteiger partial charge in [0.2, 0.25) is 0 Å². The van der Waals surface area contributed by atoms with E-state index in [1.54, 1.807) is 20.1 Å². The molecule has 54 heavy (non-hydrogen) atoms. The van der Waals surface area contributed by atoms with Crippen LogP contribution in [0.3, 0.4) is 0 Å². The first-order chi connectivity index (χ1) is 26.2. The number of hydrogen-bond acceptors (Lipinski definition) is 6. The van der Waals surface area contributed by atoms with Crippen LogP contribution in [0.15, 0.2) is 60.7 Å². The zero-order chi connectivity index (χ0) is 38.9. The number of rotatable bonds is 23. The first-order valence-corrected chi connectivity index (χ1v) is 20.5. The summed E-state index contributed by atoms with van der Waals surface area (Å²) in [4.78, 5) is 12.1. The molecule has 1 aliphatic carbocycles. The Morgan fingerprint density at radius 3 is 2.11 bits per heavy atom. The van der Waals surface area contributed by atoms with E-state index in [1.165, 1.54) is 38.5 Å². The number of aliphatic hydroxyl groups excluding tert-OH is 2. The molecule has 6 nitrogen and oxygen atoms in total. The second kappa shape index (κ2) is 22.8. The number of halogens is 1. The average molecular weight is 745 g/mol. The normalized spacial score (nSPS) is 15.8. The maximum absolute atomic E-state index is 15.9. The Balaban J connectivity index is 1.62. The zero-order valence-electron chi connectivity index (χ0n) is 33.4. The summed E-state index contributed by atoms with van der Waals surface area (Å²) in [5, 5.41) is 19.3. The molecule has 1 fully saturated rings. The topological polar surface area (TPSA) is 85.2 Å². The van der Waals surface area contributed by atoms with E-state index in [9.17, 15) is 15.0 Å². The number of ether oxygens (including phenoxy) is 3. The van der Waals surface area contributed by atoms with Crippen molar-refractivity contribution in [1.29, 1.82) is 0 Å². The summed E-state index contributed by atoms with van der Waals surface area (Å²) < 4.78 is 33.1. The van der Waals surface area contributed by atoms with E-state index in [2.05, 4.69) is 50.8 Å². The summed E-state index contributed by atoms with van der Waals surface area (Å²) in [5.74, 6) is 1.24. The van der Waals surface area contributed by atoms with Crippen LogP contribution in [-0.2, 0) is 33.5 Å². The third kappa shape index (κ3) is 12.5. The van der Waals surface area contributed by atoms with E-state index in [0.29, 0.717) is 49.5 Å². The third-order valence-electron chi connectivity index (χ3n) is 11.1. The van der Waals surface area contributed by atoms with Crippen LogP contribution in [0.1, 0.15) is 120 Å². The Kier molecular flexibility index (Phi) is 18.2. The molecule has 0 amide bonds. The van der Waals surface area contributed by atoms with Gasteiger partial charge >= 0.3 is 5.97 Å². The van der Waals surface area contributed by atoms with E-state index in [1.807, 2.05) is 12.1 Å². The van der Waals surface area contributed by atoms with Gasteiger partial charge in [0.1, 0.15) is 11.6 Å². The number of hydrogen-bond donors (Lipinski definition) is 2. The first kappa shape index (κ1) is 43.2. The van der Waals surface area contributed by atoms with E-state index >= 15 is 4.39 Å². The standard InChI is InChI=1S/C47H65FO6/c1-6-8-9-12-34-15-17-37(18-16-34)38-19-22-44(45(48)30-38)39-20-21-43(36(7-2)27-39)42-28-40(13-10-24-52-5)46(53-26-23-35(31-49)32-50)41(29-42)14-11-25-54-47(51)33(3)4/h19-22,27-30,34-35,37,49-50H,3,6-18,23-26,31-32H2,1-2,4-5H3. The molecule has 2 N–H and O–H groups in total. The summed E-state index contributed by atoms with van der Waals surface area (Å²) in [6.45, 7) is 10.7. The number of esters is 1. The van der Waals surface area contributed by atoms with Crippen molar-refractivity contribution in [2.75, 3.05) is 40.1 Å². The molecular formula is C47H65FO6. The van der Waals surface area contributed by atoms with Gasteiger partial charge < -0.3 is 24.4 Å². The van der Waals surface area contributed by atoms with Gasteiger partial charge in [-0.1, -0.05) is 76.4 Å². The molecule has 1 aliphatic rings. The van der Waals surface area contributed by atoms with Crippen molar-refractivity contribution in [2.24, 2.45) is 11.8 Å². The smallest absolute Gasteiger partial charge is 0.333 e. The minimum Gasteiger partial charge on any atom is -0.493 e. The molecule has 0 heterocycles. The maximum atomic E-state index is 15.9. The number of aryl methyl sites for hydroxylation is 3. The fraction of sp³-hybridized carbons (Fsp3) is 0.553. The van der Waals surface area contributed by atoms with Crippen LogP contribution in [0.2, 0.25) is 0 Å². The van der Waals surface area contributed by atoms with Gasteiger partial charge in [-0.05, 0) is 140 Å². The van der Waals surface area contributed by atoms with Crippen molar-refractivity contribution in [3.8, 4) is 28.0 Å². The molecule has 4 rings (SSSR count). The minimum atomic E-state index is -0.404. The molecule has 7 heteroatoms. The van der Waals surface area contributed by atoms with E-state index in [4.69, 9.17) is 14.2 Å². The quantitative estimate of drug-likeness (QED) is 0.0571. The number of carbonyl (C=O) groups is 1. The molecule has 1 saturated carbocycles. The lowest BCUT2D eigenvalue weighted by molar-refractivity contribution is -0.139. The predicted octanol–water partition coefficient (Wildman–Crippen LogP) is 10.6. The molecule has 0 unspecified atom stereocenters.